The zero-order valence-corrected chi connectivity index (χ0v) is 12.3. The lowest BCUT2D eigenvalue weighted by molar-refractivity contribution is 0.0910. The van der Waals surface area contributed by atoms with E-state index < -0.39 is 0 Å². The van der Waals surface area contributed by atoms with Crippen LogP contribution in [-0.4, -0.2) is 11.9 Å². The average Bonchev–Trinajstić information content (AvgIpc) is 2.92. The molecular formula is C17H21NO2. The molecule has 1 aromatic heterocycles. The second kappa shape index (κ2) is 4.65. The Morgan fingerprint density at radius 2 is 2.15 bits per heavy atom. The molecule has 3 rings (SSSR count). The van der Waals surface area contributed by atoms with Gasteiger partial charge in [0, 0.05) is 11.4 Å². The largest absolute Gasteiger partial charge is 0.451 e. The van der Waals surface area contributed by atoms with Crippen LogP contribution in [0.2, 0.25) is 0 Å². The van der Waals surface area contributed by atoms with E-state index in [9.17, 15) is 4.79 Å². The van der Waals surface area contributed by atoms with Crippen molar-refractivity contribution >= 4 is 16.9 Å². The minimum absolute atomic E-state index is 0.0958. The van der Waals surface area contributed by atoms with Gasteiger partial charge in [-0.15, -0.1) is 0 Å². The van der Waals surface area contributed by atoms with Gasteiger partial charge in [-0.3, -0.25) is 4.79 Å². The van der Waals surface area contributed by atoms with E-state index in [4.69, 9.17) is 4.42 Å². The number of carbonyl (C=O) groups excluding carboxylic acids is 1. The molecule has 0 spiro atoms. The first-order valence-electron chi connectivity index (χ1n) is 7.24. The van der Waals surface area contributed by atoms with Crippen LogP contribution in [0.3, 0.4) is 0 Å². The molecule has 1 amide bonds. The summed E-state index contributed by atoms with van der Waals surface area (Å²) in [6, 6.07) is 8.05. The zero-order valence-electron chi connectivity index (χ0n) is 12.3. The van der Waals surface area contributed by atoms with Crippen molar-refractivity contribution in [3.63, 3.8) is 0 Å². The zero-order chi connectivity index (χ0) is 14.3. The number of fused-ring (bicyclic) bond motifs is 1. The first kappa shape index (κ1) is 13.2. The number of furan rings is 1. The quantitative estimate of drug-likeness (QED) is 0.895. The molecule has 3 heteroatoms. The SMILES string of the molecule is Cc1ccc2oc(C(=O)NC3CCC(C)(C)C3)cc2c1. The summed E-state index contributed by atoms with van der Waals surface area (Å²) in [6.45, 7) is 6.54. The van der Waals surface area contributed by atoms with Gasteiger partial charge in [0.25, 0.3) is 5.91 Å². The molecule has 1 aliphatic carbocycles. The van der Waals surface area contributed by atoms with Crippen LogP contribution < -0.4 is 5.32 Å². The third kappa shape index (κ3) is 2.58. The highest BCUT2D eigenvalue weighted by Crippen LogP contribution is 2.37. The Labute approximate surface area is 119 Å². The third-order valence-corrected chi connectivity index (χ3v) is 4.20. The smallest absolute Gasteiger partial charge is 0.287 e. The monoisotopic (exact) mass is 271 g/mol. The summed E-state index contributed by atoms with van der Waals surface area (Å²) in [5.74, 6) is 0.317. The number of carbonyl (C=O) groups is 1. The fraction of sp³-hybridized carbons (Fsp3) is 0.471. The van der Waals surface area contributed by atoms with Gasteiger partial charge in [0.1, 0.15) is 5.58 Å². The van der Waals surface area contributed by atoms with Gasteiger partial charge in [0.2, 0.25) is 0 Å². The fourth-order valence-corrected chi connectivity index (χ4v) is 3.09. The first-order valence-corrected chi connectivity index (χ1v) is 7.24. The van der Waals surface area contributed by atoms with Gasteiger partial charge < -0.3 is 9.73 Å². The van der Waals surface area contributed by atoms with Crippen molar-refractivity contribution in [3.8, 4) is 0 Å². The highest BCUT2D eigenvalue weighted by molar-refractivity contribution is 5.96. The maximum atomic E-state index is 12.3. The molecule has 1 N–H and O–H groups in total. The Morgan fingerprint density at radius 3 is 2.85 bits per heavy atom. The lowest BCUT2D eigenvalue weighted by atomic mass is 9.92. The van der Waals surface area contributed by atoms with Crippen molar-refractivity contribution in [2.75, 3.05) is 0 Å². The summed E-state index contributed by atoms with van der Waals surface area (Å²) in [4.78, 5) is 12.3. The molecule has 0 radical (unpaired) electrons. The minimum atomic E-state index is -0.0958. The molecule has 1 fully saturated rings. The van der Waals surface area contributed by atoms with E-state index in [0.717, 1.165) is 30.2 Å². The summed E-state index contributed by atoms with van der Waals surface area (Å²) in [6.07, 6.45) is 3.26. The molecule has 2 aromatic rings. The second-order valence-electron chi connectivity index (χ2n) is 6.73. The lowest BCUT2D eigenvalue weighted by Gasteiger charge is -2.17. The molecule has 106 valence electrons. The predicted molar refractivity (Wildman–Crippen MR) is 79.8 cm³/mol. The highest BCUT2D eigenvalue weighted by atomic mass is 16.3. The van der Waals surface area contributed by atoms with E-state index in [1.165, 1.54) is 5.56 Å². The van der Waals surface area contributed by atoms with E-state index in [1.54, 1.807) is 0 Å². The fourth-order valence-electron chi connectivity index (χ4n) is 3.09. The Hall–Kier alpha value is -1.77. The van der Waals surface area contributed by atoms with Crippen LogP contribution in [0.25, 0.3) is 11.0 Å². The molecule has 1 heterocycles. The molecule has 0 saturated heterocycles. The van der Waals surface area contributed by atoms with Gasteiger partial charge in [-0.2, -0.15) is 0 Å². The predicted octanol–water partition coefficient (Wildman–Crippen LogP) is 4.05. The molecule has 1 aromatic carbocycles. The molecule has 1 aliphatic rings. The standard InChI is InChI=1S/C17H21NO2/c1-11-4-5-14-12(8-11)9-15(20-14)16(19)18-13-6-7-17(2,3)10-13/h4-5,8-9,13H,6-7,10H2,1-3H3,(H,18,19). The van der Waals surface area contributed by atoms with Crippen molar-refractivity contribution in [1.82, 2.24) is 5.32 Å². The summed E-state index contributed by atoms with van der Waals surface area (Å²) in [7, 11) is 0. The summed E-state index contributed by atoms with van der Waals surface area (Å²) >= 11 is 0. The van der Waals surface area contributed by atoms with Gasteiger partial charge in [0.15, 0.2) is 5.76 Å². The van der Waals surface area contributed by atoms with Crippen LogP contribution in [0.15, 0.2) is 28.7 Å². The van der Waals surface area contributed by atoms with E-state index >= 15 is 0 Å². The molecule has 1 saturated carbocycles. The summed E-state index contributed by atoms with van der Waals surface area (Å²) < 4.78 is 5.64. The molecule has 20 heavy (non-hydrogen) atoms. The number of nitrogens with one attached hydrogen (secondary N) is 1. The van der Waals surface area contributed by atoms with Crippen molar-refractivity contribution in [3.05, 3.63) is 35.6 Å². The van der Waals surface area contributed by atoms with Crippen LogP contribution in [0.5, 0.6) is 0 Å². The van der Waals surface area contributed by atoms with Crippen LogP contribution >= 0.6 is 0 Å². The molecule has 1 atom stereocenters. The highest BCUT2D eigenvalue weighted by Gasteiger charge is 2.32. The Balaban J connectivity index is 1.76. The number of aryl methyl sites for hydroxylation is 1. The maximum Gasteiger partial charge on any atom is 0.287 e. The molecule has 0 bridgehead atoms. The van der Waals surface area contributed by atoms with Crippen LogP contribution in [0.1, 0.15) is 49.2 Å². The van der Waals surface area contributed by atoms with Crippen LogP contribution in [0, 0.1) is 12.3 Å². The molecular weight excluding hydrogens is 250 g/mol. The molecule has 1 unspecified atom stereocenters. The van der Waals surface area contributed by atoms with E-state index in [0.29, 0.717) is 11.2 Å². The maximum absolute atomic E-state index is 12.3. The number of hydrogen-bond acceptors (Lipinski definition) is 2. The Bertz CT molecular complexity index is 654. The minimum Gasteiger partial charge on any atom is -0.451 e. The number of rotatable bonds is 2. The number of benzene rings is 1. The van der Waals surface area contributed by atoms with Crippen molar-refractivity contribution < 1.29 is 9.21 Å². The van der Waals surface area contributed by atoms with Gasteiger partial charge in [0.05, 0.1) is 0 Å². The normalized spacial score (nSPS) is 21.2. The average molecular weight is 271 g/mol. The Morgan fingerprint density at radius 1 is 1.35 bits per heavy atom. The third-order valence-electron chi connectivity index (χ3n) is 4.20. The second-order valence-corrected chi connectivity index (χ2v) is 6.73. The van der Waals surface area contributed by atoms with Gasteiger partial charge in [-0.05, 0) is 49.8 Å². The number of hydrogen-bond donors (Lipinski definition) is 1. The molecule has 0 aliphatic heterocycles. The topological polar surface area (TPSA) is 42.2 Å². The summed E-state index contributed by atoms with van der Waals surface area (Å²) in [5, 5.41) is 4.08. The Kier molecular flexibility index (Phi) is 3.08. The van der Waals surface area contributed by atoms with E-state index in [-0.39, 0.29) is 11.9 Å². The van der Waals surface area contributed by atoms with Gasteiger partial charge >= 0.3 is 0 Å². The van der Waals surface area contributed by atoms with Crippen LogP contribution in [0.4, 0.5) is 0 Å². The van der Waals surface area contributed by atoms with Crippen LogP contribution in [-0.2, 0) is 0 Å². The van der Waals surface area contributed by atoms with Gasteiger partial charge in [-0.25, -0.2) is 0 Å². The van der Waals surface area contributed by atoms with Crippen molar-refractivity contribution in [1.29, 1.82) is 0 Å². The van der Waals surface area contributed by atoms with Gasteiger partial charge in [-0.1, -0.05) is 25.5 Å². The lowest BCUT2D eigenvalue weighted by Crippen LogP contribution is -2.33. The van der Waals surface area contributed by atoms with E-state index in [2.05, 4.69) is 19.2 Å². The van der Waals surface area contributed by atoms with E-state index in [1.807, 2.05) is 31.2 Å². The molecule has 3 nitrogen and oxygen atoms in total. The first-order chi connectivity index (χ1) is 9.43. The summed E-state index contributed by atoms with van der Waals surface area (Å²) in [5.41, 5.74) is 2.28. The number of amides is 1. The van der Waals surface area contributed by atoms with Crippen molar-refractivity contribution in [2.45, 2.75) is 46.1 Å². The van der Waals surface area contributed by atoms with Crippen molar-refractivity contribution in [2.24, 2.45) is 5.41 Å².